The van der Waals surface area contributed by atoms with E-state index >= 15 is 0 Å². The minimum absolute atomic E-state index is 0.00870. The number of para-hydroxylation sites is 1. The van der Waals surface area contributed by atoms with Crippen LogP contribution in [0.4, 0.5) is 15.8 Å². The van der Waals surface area contributed by atoms with Crippen LogP contribution < -0.4 is 5.32 Å². The first-order valence-electron chi connectivity index (χ1n) is 5.61. The number of benzene rings is 1. The monoisotopic (exact) mass is 240 g/mol. The summed E-state index contributed by atoms with van der Waals surface area (Å²) in [6.07, 6.45) is 0.825. The van der Waals surface area contributed by atoms with Crippen molar-refractivity contribution < 1.29 is 9.31 Å². The van der Waals surface area contributed by atoms with Crippen LogP contribution in [0, 0.1) is 21.8 Å². The maximum absolute atomic E-state index is 13.5. The van der Waals surface area contributed by atoms with E-state index in [1.807, 2.05) is 20.8 Å². The molecule has 0 aliphatic heterocycles. The number of hydrogen-bond acceptors (Lipinski definition) is 3. The Morgan fingerprint density at radius 1 is 1.41 bits per heavy atom. The van der Waals surface area contributed by atoms with E-state index in [0.717, 1.165) is 6.42 Å². The van der Waals surface area contributed by atoms with Gasteiger partial charge >= 0.3 is 0 Å². The first-order chi connectivity index (χ1) is 7.91. The van der Waals surface area contributed by atoms with Crippen molar-refractivity contribution in [2.24, 2.45) is 5.92 Å². The van der Waals surface area contributed by atoms with Crippen molar-refractivity contribution in [1.29, 1.82) is 0 Å². The highest BCUT2D eigenvalue weighted by molar-refractivity contribution is 5.62. The van der Waals surface area contributed by atoms with Crippen LogP contribution in [0.25, 0.3) is 0 Å². The third-order valence-corrected chi connectivity index (χ3v) is 2.40. The van der Waals surface area contributed by atoms with Crippen LogP contribution in [0.1, 0.15) is 27.2 Å². The van der Waals surface area contributed by atoms with Gasteiger partial charge in [0.05, 0.1) is 4.92 Å². The predicted octanol–water partition coefficient (Wildman–Crippen LogP) is 3.58. The molecule has 0 aliphatic rings. The first-order valence-corrected chi connectivity index (χ1v) is 5.61. The highest BCUT2D eigenvalue weighted by Crippen LogP contribution is 2.28. The molecule has 1 unspecified atom stereocenters. The second kappa shape index (κ2) is 5.61. The molecule has 5 heteroatoms. The molecule has 0 amide bonds. The van der Waals surface area contributed by atoms with E-state index in [-0.39, 0.29) is 17.4 Å². The van der Waals surface area contributed by atoms with E-state index in [1.54, 1.807) is 0 Å². The molecule has 0 aliphatic carbocycles. The van der Waals surface area contributed by atoms with E-state index in [2.05, 4.69) is 5.32 Å². The summed E-state index contributed by atoms with van der Waals surface area (Å²) in [4.78, 5) is 10.2. The lowest BCUT2D eigenvalue weighted by atomic mass is 10.0. The maximum atomic E-state index is 13.5. The zero-order valence-corrected chi connectivity index (χ0v) is 10.2. The van der Waals surface area contributed by atoms with Crippen LogP contribution in [-0.2, 0) is 0 Å². The minimum atomic E-state index is -0.588. The molecule has 0 aromatic heterocycles. The average Bonchev–Trinajstić information content (AvgIpc) is 2.19. The molecule has 94 valence electrons. The Labute approximate surface area is 100.0 Å². The second-order valence-corrected chi connectivity index (χ2v) is 4.57. The van der Waals surface area contributed by atoms with Crippen molar-refractivity contribution in [2.45, 2.75) is 33.2 Å². The molecule has 0 fully saturated rings. The Balaban J connectivity index is 2.92. The fraction of sp³-hybridized carbons (Fsp3) is 0.500. The van der Waals surface area contributed by atoms with Crippen molar-refractivity contribution in [1.82, 2.24) is 0 Å². The standard InChI is InChI=1S/C12H17FN2O2/c1-8(2)7-9(3)14-12-10(13)5-4-6-11(12)15(16)17/h4-6,8-9,14H,7H2,1-3H3. The minimum Gasteiger partial charge on any atom is -0.375 e. The highest BCUT2D eigenvalue weighted by atomic mass is 19.1. The highest BCUT2D eigenvalue weighted by Gasteiger charge is 2.19. The summed E-state index contributed by atoms with van der Waals surface area (Å²) in [5.41, 5.74) is -0.244. The van der Waals surface area contributed by atoms with Crippen molar-refractivity contribution in [3.05, 3.63) is 34.1 Å². The summed E-state index contributed by atoms with van der Waals surface area (Å²) < 4.78 is 13.5. The van der Waals surface area contributed by atoms with Crippen LogP contribution in [-0.4, -0.2) is 11.0 Å². The summed E-state index contributed by atoms with van der Waals surface area (Å²) in [5, 5.41) is 13.7. The third-order valence-electron chi connectivity index (χ3n) is 2.40. The lowest BCUT2D eigenvalue weighted by Gasteiger charge is -2.17. The van der Waals surface area contributed by atoms with Crippen molar-refractivity contribution >= 4 is 11.4 Å². The molecule has 0 spiro atoms. The van der Waals surface area contributed by atoms with Crippen molar-refractivity contribution in [3.63, 3.8) is 0 Å². The Morgan fingerprint density at radius 3 is 2.59 bits per heavy atom. The van der Waals surface area contributed by atoms with E-state index < -0.39 is 10.7 Å². The predicted molar refractivity (Wildman–Crippen MR) is 65.6 cm³/mol. The Morgan fingerprint density at radius 2 is 2.06 bits per heavy atom. The molecule has 0 bridgehead atoms. The van der Waals surface area contributed by atoms with Crippen LogP contribution in [0.15, 0.2) is 18.2 Å². The lowest BCUT2D eigenvalue weighted by molar-refractivity contribution is -0.384. The summed E-state index contributed by atoms with van der Waals surface area (Å²) in [6, 6.07) is 3.85. The van der Waals surface area contributed by atoms with Gasteiger partial charge in [-0.25, -0.2) is 4.39 Å². The number of hydrogen-bond donors (Lipinski definition) is 1. The number of halogens is 1. The molecular formula is C12H17FN2O2. The summed E-state index contributed by atoms with van der Waals surface area (Å²) in [7, 11) is 0. The van der Waals surface area contributed by atoms with Gasteiger partial charge in [-0.05, 0) is 25.3 Å². The fourth-order valence-corrected chi connectivity index (χ4v) is 1.82. The maximum Gasteiger partial charge on any atom is 0.295 e. The number of nitro benzene ring substituents is 1. The van der Waals surface area contributed by atoms with E-state index in [4.69, 9.17) is 0 Å². The average molecular weight is 240 g/mol. The van der Waals surface area contributed by atoms with Gasteiger partial charge in [0.2, 0.25) is 0 Å². The van der Waals surface area contributed by atoms with Gasteiger partial charge in [0, 0.05) is 12.1 Å². The van der Waals surface area contributed by atoms with Crippen LogP contribution >= 0.6 is 0 Å². The zero-order chi connectivity index (χ0) is 13.0. The third kappa shape index (κ3) is 3.69. The molecule has 17 heavy (non-hydrogen) atoms. The van der Waals surface area contributed by atoms with Crippen LogP contribution in [0.5, 0.6) is 0 Å². The smallest absolute Gasteiger partial charge is 0.295 e. The fourth-order valence-electron chi connectivity index (χ4n) is 1.82. The molecule has 0 heterocycles. The first kappa shape index (κ1) is 13.4. The lowest BCUT2D eigenvalue weighted by Crippen LogP contribution is -2.19. The van der Waals surface area contributed by atoms with Gasteiger partial charge in [-0.1, -0.05) is 19.9 Å². The summed E-state index contributed by atoms with van der Waals surface area (Å²) in [5.74, 6) is -0.141. The van der Waals surface area contributed by atoms with Gasteiger partial charge in [0.1, 0.15) is 5.69 Å². The Kier molecular flexibility index (Phi) is 4.43. The van der Waals surface area contributed by atoms with Gasteiger partial charge in [-0.15, -0.1) is 0 Å². The van der Waals surface area contributed by atoms with Crippen LogP contribution in [0.3, 0.4) is 0 Å². The van der Waals surface area contributed by atoms with E-state index in [0.29, 0.717) is 5.92 Å². The normalized spacial score (nSPS) is 12.5. The van der Waals surface area contributed by atoms with Gasteiger partial charge in [-0.2, -0.15) is 0 Å². The quantitative estimate of drug-likeness (QED) is 0.632. The molecular weight excluding hydrogens is 223 g/mol. The molecule has 1 aromatic carbocycles. The van der Waals surface area contributed by atoms with E-state index in [1.165, 1.54) is 18.2 Å². The summed E-state index contributed by atoms with van der Waals surface area (Å²) >= 11 is 0. The largest absolute Gasteiger partial charge is 0.375 e. The van der Waals surface area contributed by atoms with Crippen LogP contribution in [0.2, 0.25) is 0 Å². The number of anilines is 1. The van der Waals surface area contributed by atoms with Gasteiger partial charge < -0.3 is 5.32 Å². The molecule has 0 radical (unpaired) electrons. The number of nitro groups is 1. The second-order valence-electron chi connectivity index (χ2n) is 4.57. The van der Waals surface area contributed by atoms with Gasteiger partial charge in [0.15, 0.2) is 5.82 Å². The Hall–Kier alpha value is -1.65. The number of nitrogens with zero attached hydrogens (tertiary/aromatic N) is 1. The number of nitrogens with one attached hydrogen (secondary N) is 1. The molecule has 0 saturated heterocycles. The molecule has 1 rings (SSSR count). The summed E-state index contributed by atoms with van der Waals surface area (Å²) in [6.45, 7) is 5.98. The van der Waals surface area contributed by atoms with Crippen molar-refractivity contribution in [3.8, 4) is 0 Å². The van der Waals surface area contributed by atoms with E-state index in [9.17, 15) is 14.5 Å². The van der Waals surface area contributed by atoms with Gasteiger partial charge in [0.25, 0.3) is 5.69 Å². The SMILES string of the molecule is CC(C)CC(C)Nc1c(F)cccc1[N+](=O)[O-]. The topological polar surface area (TPSA) is 55.2 Å². The molecule has 0 saturated carbocycles. The van der Waals surface area contributed by atoms with Gasteiger partial charge in [-0.3, -0.25) is 10.1 Å². The van der Waals surface area contributed by atoms with Crippen molar-refractivity contribution in [2.75, 3.05) is 5.32 Å². The molecule has 4 nitrogen and oxygen atoms in total. The molecule has 1 aromatic rings. The zero-order valence-electron chi connectivity index (χ0n) is 10.2. The molecule has 1 atom stereocenters. The number of rotatable bonds is 5. The molecule has 1 N–H and O–H groups in total. The Bertz CT molecular complexity index is 407.